The Kier molecular flexibility index (Phi) is 11.0. The zero-order valence-corrected chi connectivity index (χ0v) is 24.0. The molecule has 0 atom stereocenters. The molecule has 0 saturated heterocycles. The number of ether oxygens (including phenoxy) is 3. The third-order valence-corrected chi connectivity index (χ3v) is 8.09. The van der Waals surface area contributed by atoms with Crippen LogP contribution < -0.4 is 9.47 Å². The Morgan fingerprint density at radius 1 is 0.690 bits per heavy atom. The van der Waals surface area contributed by atoms with Crippen LogP contribution in [0.5, 0.6) is 11.5 Å². The van der Waals surface area contributed by atoms with E-state index in [-0.39, 0.29) is 18.5 Å². The molecule has 2 fully saturated rings. The summed E-state index contributed by atoms with van der Waals surface area (Å²) >= 11 is 0. The molecule has 42 heavy (non-hydrogen) atoms. The van der Waals surface area contributed by atoms with Crippen molar-refractivity contribution in [2.45, 2.75) is 77.4 Å². The maximum atomic E-state index is 14.8. The minimum Gasteiger partial charge on any atom is -0.491 e. The molecule has 0 unspecified atom stereocenters. The van der Waals surface area contributed by atoms with Crippen LogP contribution in [0.3, 0.4) is 0 Å². The van der Waals surface area contributed by atoms with E-state index in [1.807, 2.05) is 0 Å². The first-order chi connectivity index (χ1) is 20.1. The summed E-state index contributed by atoms with van der Waals surface area (Å²) in [6.07, 6.45) is 12.3. The first-order valence-electron chi connectivity index (χ1n) is 14.7. The molecule has 3 nitrogen and oxygen atoms in total. The Labute approximate surface area is 243 Å². The van der Waals surface area contributed by atoms with Gasteiger partial charge in [-0.15, -0.1) is 0 Å². The molecule has 0 amide bonds. The standard InChI is InChI=1S/C33H38F6O3/c1-3-5-21-6-8-22(9-7-21)10-11-23-12-14-24(15-13-23)41-20-33(38,39)42-28-19-17-26(30(35)32(28)37)25-16-18-27(40-4-2)31(36)29(25)34/h3,5,10-11,16-19,21-24H,4,6-9,12-15,20H2,1-2H3. The molecule has 0 heterocycles. The number of allylic oxidation sites excluding steroid dienone is 4. The highest BCUT2D eigenvalue weighted by atomic mass is 19.3. The van der Waals surface area contributed by atoms with Gasteiger partial charge in [-0.25, -0.2) is 8.78 Å². The molecule has 0 aliphatic heterocycles. The normalized spacial score (nSPS) is 23.5. The van der Waals surface area contributed by atoms with Crippen molar-refractivity contribution >= 4 is 0 Å². The predicted molar refractivity (Wildman–Crippen MR) is 150 cm³/mol. The summed E-state index contributed by atoms with van der Waals surface area (Å²) in [6.45, 7) is 2.57. The van der Waals surface area contributed by atoms with Crippen molar-refractivity contribution in [3.8, 4) is 22.6 Å². The van der Waals surface area contributed by atoms with Crippen LogP contribution in [-0.4, -0.2) is 25.4 Å². The van der Waals surface area contributed by atoms with Crippen molar-refractivity contribution in [3.05, 3.63) is 71.8 Å². The molecular weight excluding hydrogens is 558 g/mol. The molecule has 0 spiro atoms. The largest absolute Gasteiger partial charge is 0.491 e. The van der Waals surface area contributed by atoms with Crippen LogP contribution in [0.4, 0.5) is 26.3 Å². The lowest BCUT2D eigenvalue weighted by atomic mass is 9.80. The van der Waals surface area contributed by atoms with Gasteiger partial charge in [0.05, 0.1) is 12.7 Å². The van der Waals surface area contributed by atoms with E-state index in [0.717, 1.165) is 37.1 Å². The average Bonchev–Trinajstić information content (AvgIpc) is 2.98. The summed E-state index contributed by atoms with van der Waals surface area (Å²) in [6, 6.07) is 3.70. The lowest BCUT2D eigenvalue weighted by Crippen LogP contribution is -2.34. The van der Waals surface area contributed by atoms with Crippen LogP contribution >= 0.6 is 0 Å². The maximum absolute atomic E-state index is 14.8. The zero-order chi connectivity index (χ0) is 30.3. The van der Waals surface area contributed by atoms with Gasteiger partial charge >= 0.3 is 6.11 Å². The zero-order valence-electron chi connectivity index (χ0n) is 24.0. The van der Waals surface area contributed by atoms with Crippen molar-refractivity contribution in [1.82, 2.24) is 0 Å². The second-order valence-corrected chi connectivity index (χ2v) is 11.1. The molecule has 2 aromatic carbocycles. The molecule has 4 rings (SSSR count). The predicted octanol–water partition coefficient (Wildman–Crippen LogP) is 9.79. The van der Waals surface area contributed by atoms with Gasteiger partial charge in [-0.1, -0.05) is 24.3 Å². The van der Waals surface area contributed by atoms with Crippen molar-refractivity contribution in [2.24, 2.45) is 17.8 Å². The molecule has 0 radical (unpaired) electrons. The summed E-state index contributed by atoms with van der Waals surface area (Å²) in [5.74, 6) is -6.01. The fourth-order valence-electron chi connectivity index (χ4n) is 5.79. The summed E-state index contributed by atoms with van der Waals surface area (Å²) in [4.78, 5) is 0. The minimum atomic E-state index is -3.94. The Hall–Kier alpha value is -2.94. The monoisotopic (exact) mass is 596 g/mol. The van der Waals surface area contributed by atoms with Gasteiger partial charge in [0, 0.05) is 11.1 Å². The number of halogens is 6. The van der Waals surface area contributed by atoms with Crippen LogP contribution in [-0.2, 0) is 4.74 Å². The SMILES string of the molecule is CC=CC1CCC(C=CC2CCC(OCC(F)(F)Oc3ccc(-c4ccc(OCC)c(F)c4F)c(F)c3F)CC2)CC1. The van der Waals surface area contributed by atoms with E-state index in [2.05, 4.69) is 36.0 Å². The molecular formula is C33H38F6O3. The average molecular weight is 597 g/mol. The number of benzene rings is 2. The molecule has 230 valence electrons. The third-order valence-electron chi connectivity index (χ3n) is 8.09. The second kappa shape index (κ2) is 14.5. The van der Waals surface area contributed by atoms with Gasteiger partial charge in [-0.05, 0) is 107 Å². The number of rotatable bonds is 11. The van der Waals surface area contributed by atoms with Crippen molar-refractivity contribution in [1.29, 1.82) is 0 Å². The Morgan fingerprint density at radius 3 is 1.69 bits per heavy atom. The van der Waals surface area contributed by atoms with Crippen molar-refractivity contribution in [3.63, 3.8) is 0 Å². The van der Waals surface area contributed by atoms with Gasteiger partial charge in [0.1, 0.15) is 0 Å². The molecule has 2 aliphatic rings. The van der Waals surface area contributed by atoms with Crippen LogP contribution in [0.25, 0.3) is 11.1 Å². The molecule has 0 aromatic heterocycles. The van der Waals surface area contributed by atoms with Crippen LogP contribution in [0.2, 0.25) is 0 Å². The molecule has 2 aromatic rings. The van der Waals surface area contributed by atoms with Gasteiger partial charge in [-0.2, -0.15) is 17.6 Å². The number of alkyl halides is 2. The topological polar surface area (TPSA) is 27.7 Å². The number of hydrogen-bond donors (Lipinski definition) is 0. The van der Waals surface area contributed by atoms with Crippen molar-refractivity contribution < 1.29 is 40.6 Å². The number of hydrogen-bond acceptors (Lipinski definition) is 3. The van der Waals surface area contributed by atoms with E-state index in [1.54, 1.807) is 6.92 Å². The highest BCUT2D eigenvalue weighted by molar-refractivity contribution is 5.67. The van der Waals surface area contributed by atoms with Gasteiger partial charge in [0.25, 0.3) is 0 Å². The highest BCUT2D eigenvalue weighted by Crippen LogP contribution is 2.37. The Balaban J connectivity index is 1.28. The van der Waals surface area contributed by atoms with E-state index in [4.69, 9.17) is 9.47 Å². The summed E-state index contributed by atoms with van der Waals surface area (Å²) in [5, 5.41) is 0. The van der Waals surface area contributed by atoms with E-state index in [1.165, 1.54) is 25.7 Å². The summed E-state index contributed by atoms with van der Waals surface area (Å²) in [7, 11) is 0. The fraction of sp³-hybridized carbons (Fsp3) is 0.515. The molecule has 9 heteroatoms. The second-order valence-electron chi connectivity index (χ2n) is 11.1. The molecule has 0 N–H and O–H groups in total. The van der Waals surface area contributed by atoms with E-state index in [9.17, 15) is 26.3 Å². The third kappa shape index (κ3) is 8.12. The molecule has 0 bridgehead atoms. The summed E-state index contributed by atoms with van der Waals surface area (Å²) < 4.78 is 102. The smallest absolute Gasteiger partial charge is 0.422 e. The van der Waals surface area contributed by atoms with E-state index < -0.39 is 52.9 Å². The minimum absolute atomic E-state index is 0.0691. The van der Waals surface area contributed by atoms with Gasteiger partial charge in [-0.3, -0.25) is 0 Å². The lowest BCUT2D eigenvalue weighted by molar-refractivity contribution is -0.223. The Morgan fingerprint density at radius 2 is 1.17 bits per heavy atom. The van der Waals surface area contributed by atoms with Crippen LogP contribution in [0.1, 0.15) is 65.2 Å². The van der Waals surface area contributed by atoms with E-state index >= 15 is 0 Å². The maximum Gasteiger partial charge on any atom is 0.422 e. The lowest BCUT2D eigenvalue weighted by Gasteiger charge is -2.29. The molecule has 2 saturated carbocycles. The van der Waals surface area contributed by atoms with E-state index in [0.29, 0.717) is 30.6 Å². The van der Waals surface area contributed by atoms with Crippen LogP contribution in [0, 0.1) is 41.0 Å². The van der Waals surface area contributed by atoms with Crippen LogP contribution in [0.15, 0.2) is 48.6 Å². The van der Waals surface area contributed by atoms with Crippen molar-refractivity contribution in [2.75, 3.05) is 13.2 Å². The first kappa shape index (κ1) is 32.0. The fourth-order valence-corrected chi connectivity index (χ4v) is 5.79. The van der Waals surface area contributed by atoms with Gasteiger partial charge < -0.3 is 14.2 Å². The van der Waals surface area contributed by atoms with Gasteiger partial charge in [0.15, 0.2) is 29.7 Å². The quantitative estimate of drug-likeness (QED) is 0.191. The Bertz CT molecular complexity index is 1240. The molecule has 2 aliphatic carbocycles. The van der Waals surface area contributed by atoms with Gasteiger partial charge in [0.2, 0.25) is 11.6 Å². The summed E-state index contributed by atoms with van der Waals surface area (Å²) in [5.41, 5.74) is -1.23. The first-order valence-corrected chi connectivity index (χ1v) is 14.7. The highest BCUT2D eigenvalue weighted by Gasteiger charge is 2.36.